The molecule has 2 fully saturated rings. The van der Waals surface area contributed by atoms with Crippen LogP contribution < -0.4 is 10.6 Å². The average molecular weight is 487 g/mol. The summed E-state index contributed by atoms with van der Waals surface area (Å²) in [6.07, 6.45) is 3.50. The Morgan fingerprint density at radius 1 is 1.00 bits per heavy atom. The standard InChI is InChI=1S/C28H34N6O2/c1-3-32(4-2)12-11-25(35)34(16-19-9-10-20-7-5-6-8-21(20)13-19)26-23-17-33(18-24(23)26)28-30-14-22(15-31-28)27(29)36/h5-10,13-15,23-24,26H,3-4,11-12,16-18H2,1-2H3,(H2,29,36). The van der Waals surface area contributed by atoms with Gasteiger partial charge in [0.15, 0.2) is 0 Å². The zero-order valence-corrected chi connectivity index (χ0v) is 21.0. The van der Waals surface area contributed by atoms with Crippen molar-refractivity contribution in [2.45, 2.75) is 32.9 Å². The van der Waals surface area contributed by atoms with Gasteiger partial charge in [0.2, 0.25) is 11.9 Å². The molecule has 1 saturated carbocycles. The summed E-state index contributed by atoms with van der Waals surface area (Å²) in [5, 5.41) is 2.41. The van der Waals surface area contributed by atoms with Crippen molar-refractivity contribution < 1.29 is 9.59 Å². The highest BCUT2D eigenvalue weighted by atomic mass is 16.2. The van der Waals surface area contributed by atoms with Crippen molar-refractivity contribution in [2.24, 2.45) is 17.6 Å². The minimum atomic E-state index is -0.529. The SMILES string of the molecule is CCN(CC)CCC(=O)N(Cc1ccc2ccccc2c1)C1C2CN(c3ncc(C(N)=O)cn3)CC21. The summed E-state index contributed by atoms with van der Waals surface area (Å²) in [6.45, 7) is 9.21. The van der Waals surface area contributed by atoms with Crippen molar-refractivity contribution in [3.8, 4) is 0 Å². The van der Waals surface area contributed by atoms with E-state index >= 15 is 0 Å². The second-order valence-corrected chi connectivity index (χ2v) is 9.84. The van der Waals surface area contributed by atoms with Crippen LogP contribution in [0.1, 0.15) is 36.2 Å². The van der Waals surface area contributed by atoms with E-state index < -0.39 is 5.91 Å². The van der Waals surface area contributed by atoms with Crippen LogP contribution in [0.2, 0.25) is 0 Å². The Morgan fingerprint density at radius 3 is 2.31 bits per heavy atom. The number of piperidine rings is 1. The largest absolute Gasteiger partial charge is 0.366 e. The molecule has 36 heavy (non-hydrogen) atoms. The van der Waals surface area contributed by atoms with Gasteiger partial charge in [-0.3, -0.25) is 9.59 Å². The number of nitrogens with zero attached hydrogens (tertiary/aromatic N) is 5. The molecule has 2 unspecified atom stereocenters. The second kappa shape index (κ2) is 10.2. The van der Waals surface area contributed by atoms with Crippen LogP contribution in [-0.4, -0.2) is 70.3 Å². The Bertz CT molecular complexity index is 1230. The maximum Gasteiger partial charge on any atom is 0.251 e. The first-order valence-electron chi connectivity index (χ1n) is 12.8. The third kappa shape index (κ3) is 4.91. The summed E-state index contributed by atoms with van der Waals surface area (Å²) in [5.41, 5.74) is 6.78. The van der Waals surface area contributed by atoms with Gasteiger partial charge < -0.3 is 20.4 Å². The van der Waals surface area contributed by atoms with Crippen molar-refractivity contribution in [1.29, 1.82) is 0 Å². The lowest BCUT2D eigenvalue weighted by molar-refractivity contribution is -0.133. The number of hydrogen-bond donors (Lipinski definition) is 1. The van der Waals surface area contributed by atoms with Gasteiger partial charge in [-0.25, -0.2) is 9.97 Å². The molecule has 2 heterocycles. The molecule has 2 atom stereocenters. The molecule has 8 heteroatoms. The average Bonchev–Trinajstić information content (AvgIpc) is 3.38. The molecule has 0 spiro atoms. The summed E-state index contributed by atoms with van der Waals surface area (Å²) in [4.78, 5) is 40.1. The van der Waals surface area contributed by atoms with Gasteiger partial charge in [0.25, 0.3) is 5.91 Å². The van der Waals surface area contributed by atoms with Gasteiger partial charge in [0, 0.05) is 62.9 Å². The molecular weight excluding hydrogens is 452 g/mol. The molecule has 5 rings (SSSR count). The number of benzene rings is 2. The molecule has 2 N–H and O–H groups in total. The zero-order chi connectivity index (χ0) is 25.2. The number of carbonyl (C=O) groups is 2. The Balaban J connectivity index is 1.30. The Kier molecular flexibility index (Phi) is 6.87. The van der Waals surface area contributed by atoms with Gasteiger partial charge in [-0.1, -0.05) is 50.2 Å². The molecule has 1 saturated heterocycles. The molecule has 1 aliphatic carbocycles. The van der Waals surface area contributed by atoms with Crippen LogP contribution in [0.4, 0.5) is 5.95 Å². The fraction of sp³-hybridized carbons (Fsp3) is 0.429. The molecule has 188 valence electrons. The first-order valence-corrected chi connectivity index (χ1v) is 12.8. The lowest BCUT2D eigenvalue weighted by Crippen LogP contribution is -2.40. The van der Waals surface area contributed by atoms with Crippen molar-refractivity contribution >= 4 is 28.5 Å². The van der Waals surface area contributed by atoms with E-state index in [1.54, 1.807) is 0 Å². The number of rotatable bonds is 10. The van der Waals surface area contributed by atoms with E-state index in [0.29, 0.717) is 36.3 Å². The fourth-order valence-electron chi connectivity index (χ4n) is 5.56. The van der Waals surface area contributed by atoms with Gasteiger partial charge in [0.1, 0.15) is 0 Å². The number of aromatic nitrogens is 2. The molecule has 3 aromatic rings. The van der Waals surface area contributed by atoms with Crippen LogP contribution >= 0.6 is 0 Å². The number of nitrogens with two attached hydrogens (primary N) is 1. The maximum absolute atomic E-state index is 13.5. The van der Waals surface area contributed by atoms with E-state index in [1.165, 1.54) is 23.2 Å². The van der Waals surface area contributed by atoms with E-state index in [9.17, 15) is 9.59 Å². The van der Waals surface area contributed by atoms with Crippen LogP contribution in [0, 0.1) is 11.8 Å². The molecule has 0 radical (unpaired) electrons. The first-order chi connectivity index (χ1) is 17.5. The topological polar surface area (TPSA) is 95.7 Å². The van der Waals surface area contributed by atoms with E-state index in [1.807, 2.05) is 6.07 Å². The number of hydrogen-bond acceptors (Lipinski definition) is 6. The summed E-state index contributed by atoms with van der Waals surface area (Å²) in [7, 11) is 0. The van der Waals surface area contributed by atoms with E-state index in [4.69, 9.17) is 5.73 Å². The van der Waals surface area contributed by atoms with Crippen molar-refractivity contribution in [3.05, 3.63) is 66.0 Å². The molecule has 1 aliphatic heterocycles. The van der Waals surface area contributed by atoms with E-state index in [0.717, 1.165) is 38.3 Å². The molecule has 2 aliphatic rings. The zero-order valence-electron chi connectivity index (χ0n) is 21.0. The van der Waals surface area contributed by atoms with Gasteiger partial charge in [-0.05, 0) is 35.5 Å². The van der Waals surface area contributed by atoms with E-state index in [2.05, 4.69) is 74.9 Å². The summed E-state index contributed by atoms with van der Waals surface area (Å²) in [5.74, 6) is 1.12. The monoisotopic (exact) mass is 486 g/mol. The highest BCUT2D eigenvalue weighted by molar-refractivity contribution is 5.92. The molecule has 1 aromatic heterocycles. The van der Waals surface area contributed by atoms with Gasteiger partial charge in [-0.2, -0.15) is 0 Å². The smallest absolute Gasteiger partial charge is 0.251 e. The Hall–Kier alpha value is -3.52. The summed E-state index contributed by atoms with van der Waals surface area (Å²) >= 11 is 0. The van der Waals surface area contributed by atoms with Gasteiger partial charge in [-0.15, -0.1) is 0 Å². The number of primary amides is 1. The van der Waals surface area contributed by atoms with Gasteiger partial charge in [0.05, 0.1) is 5.56 Å². The lowest BCUT2D eigenvalue weighted by atomic mass is 10.1. The highest BCUT2D eigenvalue weighted by Crippen LogP contribution is 2.50. The normalized spacial score (nSPS) is 20.5. The number of amides is 2. The van der Waals surface area contributed by atoms with Crippen molar-refractivity contribution in [2.75, 3.05) is 37.6 Å². The first kappa shape index (κ1) is 24.2. The van der Waals surface area contributed by atoms with Crippen molar-refractivity contribution in [3.63, 3.8) is 0 Å². The van der Waals surface area contributed by atoms with E-state index in [-0.39, 0.29) is 11.9 Å². The Morgan fingerprint density at radius 2 is 1.67 bits per heavy atom. The Labute approximate surface area is 212 Å². The predicted octanol–water partition coefficient (Wildman–Crippen LogP) is 2.92. The molecular formula is C28H34N6O2. The molecule has 2 aromatic carbocycles. The third-order valence-corrected chi connectivity index (χ3v) is 7.74. The quantitative estimate of drug-likeness (QED) is 0.473. The minimum absolute atomic E-state index is 0.225. The van der Waals surface area contributed by atoms with Crippen LogP contribution in [-0.2, 0) is 11.3 Å². The van der Waals surface area contributed by atoms with Crippen LogP contribution in [0.3, 0.4) is 0 Å². The minimum Gasteiger partial charge on any atom is -0.366 e. The number of carbonyl (C=O) groups excluding carboxylic acids is 2. The van der Waals surface area contributed by atoms with Gasteiger partial charge >= 0.3 is 0 Å². The predicted molar refractivity (Wildman–Crippen MR) is 140 cm³/mol. The molecule has 8 nitrogen and oxygen atoms in total. The number of anilines is 1. The fourth-order valence-corrected chi connectivity index (χ4v) is 5.56. The maximum atomic E-state index is 13.5. The van der Waals surface area contributed by atoms with Crippen LogP contribution in [0.25, 0.3) is 10.8 Å². The number of fused-ring (bicyclic) bond motifs is 2. The highest BCUT2D eigenvalue weighted by Gasteiger charge is 2.59. The lowest BCUT2D eigenvalue weighted by Gasteiger charge is -2.29. The van der Waals surface area contributed by atoms with Crippen LogP contribution in [0.15, 0.2) is 54.9 Å². The van der Waals surface area contributed by atoms with Crippen molar-refractivity contribution in [1.82, 2.24) is 19.8 Å². The third-order valence-electron chi connectivity index (χ3n) is 7.74. The summed E-state index contributed by atoms with van der Waals surface area (Å²) in [6, 6.07) is 15.1. The molecule has 2 amide bonds. The molecule has 0 bridgehead atoms. The second-order valence-electron chi connectivity index (χ2n) is 9.84. The summed E-state index contributed by atoms with van der Waals surface area (Å²) < 4.78 is 0. The van der Waals surface area contributed by atoms with Crippen LogP contribution in [0.5, 0.6) is 0 Å².